The van der Waals surface area contributed by atoms with Crippen LogP contribution < -0.4 is 0 Å². The Hall–Kier alpha value is -0.815. The highest BCUT2D eigenvalue weighted by Gasteiger charge is 2.50. The molecule has 0 aromatic carbocycles. The van der Waals surface area contributed by atoms with E-state index < -0.39 is 24.9 Å². The number of hydrogen-bond donors (Lipinski definition) is 2. The Bertz CT molecular complexity index is 245. The predicted molar refractivity (Wildman–Crippen MR) is 36.6 cm³/mol. The van der Waals surface area contributed by atoms with Gasteiger partial charge >= 0.3 is 7.12 Å². The molecular weight excluding hydrogens is 174 g/mol. The topological polar surface area (TPSA) is 52.8 Å². The summed E-state index contributed by atoms with van der Waals surface area (Å²) in [7, 11) is -2.55. The molecule has 1 rings (SSSR count). The Morgan fingerprint density at radius 1 is 1.58 bits per heavy atom. The molecule has 2 N–H and O–H groups in total. The molecule has 12 heavy (non-hydrogen) atoms. The molecule has 1 aliphatic rings. The smallest absolute Gasteiger partial charge is 0.425 e. The van der Waals surface area contributed by atoms with E-state index in [4.69, 9.17) is 10.0 Å². The van der Waals surface area contributed by atoms with Gasteiger partial charge in [-0.3, -0.25) is 0 Å². The molecule has 2 unspecified atom stereocenters. The fraction of sp³-hybridized carbons (Fsp3) is 0.400. The van der Waals surface area contributed by atoms with Crippen LogP contribution in [0.4, 0.5) is 13.2 Å². The van der Waals surface area contributed by atoms with Gasteiger partial charge in [0.25, 0.3) is 0 Å². The van der Waals surface area contributed by atoms with Crippen LogP contribution in [0, 0.1) is 0 Å². The van der Waals surface area contributed by atoms with Crippen LogP contribution in [0.3, 0.4) is 0 Å². The number of aliphatic imine (C=N–C) groups is 1. The lowest BCUT2D eigenvalue weighted by Gasteiger charge is -2.23. The Morgan fingerprint density at radius 3 is 2.58 bits per heavy atom. The minimum Gasteiger partial charge on any atom is -0.425 e. The number of allylic oxidation sites excluding steroid dienone is 1. The summed E-state index contributed by atoms with van der Waals surface area (Å²) in [5.74, 6) is -1.18. The number of rotatable bonds is 1. The number of hydrogen-bond acceptors (Lipinski definition) is 3. The van der Waals surface area contributed by atoms with Gasteiger partial charge in [-0.1, -0.05) is 0 Å². The van der Waals surface area contributed by atoms with Gasteiger partial charge in [-0.15, -0.1) is 0 Å². The molecule has 0 amide bonds. The second kappa shape index (κ2) is 2.91. The third-order valence-electron chi connectivity index (χ3n) is 1.47. The molecule has 0 aliphatic carbocycles. The predicted octanol–water partition coefficient (Wildman–Crippen LogP) is -0.0599. The average Bonchev–Trinajstić information content (AvgIpc) is 1.97. The van der Waals surface area contributed by atoms with Gasteiger partial charge in [-0.25, -0.2) is 13.8 Å². The van der Waals surface area contributed by atoms with E-state index in [1.54, 1.807) is 0 Å². The van der Waals surface area contributed by atoms with E-state index >= 15 is 0 Å². The monoisotopic (exact) mass is 179 g/mol. The van der Waals surface area contributed by atoms with E-state index in [0.717, 1.165) is 0 Å². The third kappa shape index (κ3) is 1.37. The summed E-state index contributed by atoms with van der Waals surface area (Å²) >= 11 is 0. The van der Waals surface area contributed by atoms with Crippen LogP contribution in [-0.2, 0) is 0 Å². The molecule has 7 heteroatoms. The highest BCUT2D eigenvalue weighted by Crippen LogP contribution is 2.27. The van der Waals surface area contributed by atoms with Crippen molar-refractivity contribution in [2.75, 3.05) is 0 Å². The molecule has 0 aromatic heterocycles. The summed E-state index contributed by atoms with van der Waals surface area (Å²) < 4.78 is 37.7. The summed E-state index contributed by atoms with van der Waals surface area (Å²) in [5, 5.41) is 16.8. The number of alkyl halides is 2. The van der Waals surface area contributed by atoms with Gasteiger partial charge in [0.1, 0.15) is 0 Å². The first-order valence-electron chi connectivity index (χ1n) is 3.08. The fourth-order valence-electron chi connectivity index (χ4n) is 0.735. The van der Waals surface area contributed by atoms with E-state index in [9.17, 15) is 13.2 Å². The molecular formula is C5H5BF3NO2. The summed E-state index contributed by atoms with van der Waals surface area (Å²) in [4.78, 5) is 2.56. The molecule has 0 saturated carbocycles. The first kappa shape index (κ1) is 9.27. The Balaban J connectivity index is 2.91. The molecule has 0 fully saturated rings. The highest BCUT2D eigenvalue weighted by atomic mass is 19.2. The van der Waals surface area contributed by atoms with Crippen molar-refractivity contribution in [2.45, 2.75) is 11.9 Å². The fourth-order valence-corrected chi connectivity index (χ4v) is 0.735. The van der Waals surface area contributed by atoms with Crippen molar-refractivity contribution in [3.05, 3.63) is 12.2 Å². The Labute approximate surface area is 66.4 Å². The molecule has 0 spiro atoms. The largest absolute Gasteiger partial charge is 0.501 e. The van der Waals surface area contributed by atoms with Gasteiger partial charge in [0.2, 0.25) is 17.8 Å². The highest BCUT2D eigenvalue weighted by molar-refractivity contribution is 6.46. The standard InChI is InChI=1S/C5H5BF3NO2/c7-3-1-2-5(9,6(11)12)4(8)10-3/h1-2,4,11-12H. The lowest BCUT2D eigenvalue weighted by molar-refractivity contribution is 0.130. The van der Waals surface area contributed by atoms with Gasteiger partial charge < -0.3 is 10.0 Å². The number of nitrogens with zero attached hydrogens (tertiary/aromatic N) is 1. The summed E-state index contributed by atoms with van der Waals surface area (Å²) in [5.41, 5.74) is -3.05. The number of dihydropyridines is 1. The van der Waals surface area contributed by atoms with Gasteiger partial charge in [0, 0.05) is 0 Å². The average molecular weight is 179 g/mol. The van der Waals surface area contributed by atoms with Gasteiger partial charge in [-0.2, -0.15) is 4.39 Å². The van der Waals surface area contributed by atoms with Crippen LogP contribution in [0.2, 0.25) is 0 Å². The normalized spacial score (nSPS) is 34.8. The third-order valence-corrected chi connectivity index (χ3v) is 1.47. The zero-order valence-corrected chi connectivity index (χ0v) is 5.78. The zero-order chi connectivity index (χ0) is 9.35. The Kier molecular flexibility index (Phi) is 2.25. The maximum absolute atomic E-state index is 13.0. The maximum atomic E-state index is 13.0. The SMILES string of the molecule is OB(O)C1(F)C=CC(F)=NC1F. The van der Waals surface area contributed by atoms with Crippen LogP contribution in [-0.4, -0.2) is 35.0 Å². The van der Waals surface area contributed by atoms with E-state index in [2.05, 4.69) is 4.99 Å². The van der Waals surface area contributed by atoms with E-state index in [1.165, 1.54) is 0 Å². The summed E-state index contributed by atoms with van der Waals surface area (Å²) in [6.07, 6.45) is -1.69. The molecule has 0 radical (unpaired) electrons. The van der Waals surface area contributed by atoms with E-state index in [-0.39, 0.29) is 0 Å². The molecule has 66 valence electrons. The summed E-state index contributed by atoms with van der Waals surface area (Å²) in [6, 6.07) is 0. The van der Waals surface area contributed by atoms with Crippen LogP contribution in [0.5, 0.6) is 0 Å². The van der Waals surface area contributed by atoms with Crippen molar-refractivity contribution in [2.24, 2.45) is 4.99 Å². The van der Waals surface area contributed by atoms with Crippen molar-refractivity contribution < 1.29 is 23.2 Å². The lowest BCUT2D eigenvalue weighted by Crippen LogP contribution is -2.49. The minimum absolute atomic E-state index is 0.394. The number of halogens is 3. The molecule has 0 bridgehead atoms. The molecule has 1 heterocycles. The second-order valence-electron chi connectivity index (χ2n) is 2.32. The Morgan fingerprint density at radius 2 is 2.17 bits per heavy atom. The lowest BCUT2D eigenvalue weighted by atomic mass is 9.68. The van der Waals surface area contributed by atoms with Crippen LogP contribution in [0.15, 0.2) is 17.1 Å². The van der Waals surface area contributed by atoms with Crippen molar-refractivity contribution in [3.8, 4) is 0 Å². The molecule has 2 atom stereocenters. The van der Waals surface area contributed by atoms with Crippen LogP contribution in [0.25, 0.3) is 0 Å². The van der Waals surface area contributed by atoms with Crippen molar-refractivity contribution in [3.63, 3.8) is 0 Å². The van der Waals surface area contributed by atoms with Crippen LogP contribution in [0.1, 0.15) is 0 Å². The maximum Gasteiger partial charge on any atom is 0.501 e. The first-order chi connectivity index (χ1) is 5.47. The van der Waals surface area contributed by atoms with E-state index in [0.29, 0.717) is 12.2 Å². The van der Waals surface area contributed by atoms with Crippen molar-refractivity contribution in [1.82, 2.24) is 0 Å². The molecule has 0 saturated heterocycles. The van der Waals surface area contributed by atoms with Gasteiger partial charge in [-0.05, 0) is 12.2 Å². The zero-order valence-electron chi connectivity index (χ0n) is 5.78. The summed E-state index contributed by atoms with van der Waals surface area (Å²) in [6.45, 7) is 0. The second-order valence-corrected chi connectivity index (χ2v) is 2.32. The van der Waals surface area contributed by atoms with Crippen molar-refractivity contribution in [1.29, 1.82) is 0 Å². The first-order valence-corrected chi connectivity index (χ1v) is 3.08. The van der Waals surface area contributed by atoms with Crippen LogP contribution >= 0.6 is 0 Å². The van der Waals surface area contributed by atoms with Gasteiger partial charge in [0.05, 0.1) is 0 Å². The molecule has 0 aromatic rings. The van der Waals surface area contributed by atoms with Crippen molar-refractivity contribution >= 4 is 13.1 Å². The molecule has 3 nitrogen and oxygen atoms in total. The van der Waals surface area contributed by atoms with E-state index in [1.807, 2.05) is 0 Å². The van der Waals surface area contributed by atoms with Gasteiger partial charge in [0.15, 0.2) is 0 Å². The molecule has 1 aliphatic heterocycles. The minimum atomic E-state index is -3.05. The quantitative estimate of drug-likeness (QED) is 0.437.